The standard InChI is InChI=1S/C16H26O4Si/c1-7-19-14(15(17)18)12-8-10-13(11-9-12)20-21(5,6)16(2,3)4/h8-11,14H,7H2,1-6H3,(H,17,18). The van der Waals surface area contributed by atoms with Crippen molar-refractivity contribution in [3.8, 4) is 5.75 Å². The first-order chi connectivity index (χ1) is 9.58. The van der Waals surface area contributed by atoms with Crippen molar-refractivity contribution in [1.82, 2.24) is 0 Å². The van der Waals surface area contributed by atoms with Gasteiger partial charge in [-0.3, -0.25) is 0 Å². The number of aliphatic carboxylic acids is 1. The van der Waals surface area contributed by atoms with Gasteiger partial charge in [-0.15, -0.1) is 0 Å². The third-order valence-electron chi connectivity index (χ3n) is 3.92. The molecule has 0 aliphatic heterocycles. The summed E-state index contributed by atoms with van der Waals surface area (Å²) in [6.07, 6.45) is -0.920. The summed E-state index contributed by atoms with van der Waals surface area (Å²) in [5.74, 6) is -0.194. The van der Waals surface area contributed by atoms with Crippen molar-refractivity contribution in [2.24, 2.45) is 0 Å². The van der Waals surface area contributed by atoms with Crippen LogP contribution < -0.4 is 4.43 Å². The minimum Gasteiger partial charge on any atom is -0.544 e. The number of benzene rings is 1. The van der Waals surface area contributed by atoms with Gasteiger partial charge in [0.05, 0.1) is 0 Å². The van der Waals surface area contributed by atoms with Gasteiger partial charge in [-0.2, -0.15) is 0 Å². The Morgan fingerprint density at radius 3 is 2.14 bits per heavy atom. The molecule has 0 aromatic heterocycles. The van der Waals surface area contributed by atoms with Crippen LogP contribution in [-0.4, -0.2) is 26.0 Å². The molecule has 0 spiro atoms. The van der Waals surface area contributed by atoms with E-state index in [-0.39, 0.29) is 5.04 Å². The molecule has 0 heterocycles. The average Bonchev–Trinajstić information content (AvgIpc) is 2.35. The molecule has 0 aliphatic carbocycles. The van der Waals surface area contributed by atoms with E-state index < -0.39 is 20.4 Å². The van der Waals surface area contributed by atoms with Gasteiger partial charge in [0.1, 0.15) is 5.75 Å². The summed E-state index contributed by atoms with van der Waals surface area (Å²) in [6.45, 7) is 13.1. The SMILES string of the molecule is CCOC(C(=O)O)c1ccc(O[Si](C)(C)C(C)(C)C)cc1. The zero-order valence-electron chi connectivity index (χ0n) is 13.8. The monoisotopic (exact) mass is 310 g/mol. The number of carbonyl (C=O) groups is 1. The molecule has 0 saturated heterocycles. The lowest BCUT2D eigenvalue weighted by molar-refractivity contribution is -0.150. The zero-order valence-corrected chi connectivity index (χ0v) is 14.8. The van der Waals surface area contributed by atoms with E-state index in [0.717, 1.165) is 5.75 Å². The molecule has 1 rings (SSSR count). The molecule has 0 bridgehead atoms. The first-order valence-electron chi connectivity index (χ1n) is 7.22. The normalized spacial score (nSPS) is 13.8. The van der Waals surface area contributed by atoms with Gasteiger partial charge >= 0.3 is 5.97 Å². The van der Waals surface area contributed by atoms with E-state index in [1.54, 1.807) is 19.1 Å². The van der Waals surface area contributed by atoms with Gasteiger partial charge in [-0.05, 0) is 42.8 Å². The topological polar surface area (TPSA) is 55.8 Å². The molecule has 0 aliphatic rings. The van der Waals surface area contributed by atoms with Crippen molar-refractivity contribution in [3.05, 3.63) is 29.8 Å². The minimum absolute atomic E-state index is 0.126. The second kappa shape index (κ2) is 6.62. The second-order valence-corrected chi connectivity index (χ2v) is 11.3. The minimum atomic E-state index is -1.87. The van der Waals surface area contributed by atoms with E-state index in [2.05, 4.69) is 33.9 Å². The van der Waals surface area contributed by atoms with Crippen LogP contribution in [-0.2, 0) is 9.53 Å². The summed E-state index contributed by atoms with van der Waals surface area (Å²) >= 11 is 0. The number of hydrogen-bond acceptors (Lipinski definition) is 3. The van der Waals surface area contributed by atoms with Gasteiger partial charge in [0.2, 0.25) is 8.32 Å². The van der Waals surface area contributed by atoms with Crippen molar-refractivity contribution in [2.45, 2.75) is 51.9 Å². The van der Waals surface area contributed by atoms with Gasteiger partial charge in [0.15, 0.2) is 6.10 Å². The van der Waals surface area contributed by atoms with Gasteiger partial charge in [0, 0.05) is 6.61 Å². The molecule has 0 fully saturated rings. The van der Waals surface area contributed by atoms with Crippen LogP contribution in [0.15, 0.2) is 24.3 Å². The van der Waals surface area contributed by atoms with Crippen molar-refractivity contribution in [1.29, 1.82) is 0 Å². The molecule has 1 aromatic rings. The first-order valence-corrected chi connectivity index (χ1v) is 10.1. The van der Waals surface area contributed by atoms with Crippen LogP contribution in [0.25, 0.3) is 0 Å². The Hall–Kier alpha value is -1.33. The molecule has 1 atom stereocenters. The lowest BCUT2D eigenvalue weighted by atomic mass is 10.1. The smallest absolute Gasteiger partial charge is 0.337 e. The Morgan fingerprint density at radius 2 is 1.76 bits per heavy atom. The molecule has 0 amide bonds. The van der Waals surface area contributed by atoms with Crippen LogP contribution in [0.2, 0.25) is 18.1 Å². The highest BCUT2D eigenvalue weighted by molar-refractivity contribution is 6.74. The maximum atomic E-state index is 11.2. The molecular formula is C16H26O4Si. The molecule has 1 aromatic carbocycles. The lowest BCUT2D eigenvalue weighted by Crippen LogP contribution is -2.43. The fraction of sp³-hybridized carbons (Fsp3) is 0.562. The molecule has 118 valence electrons. The molecule has 0 saturated carbocycles. The Bertz CT molecular complexity index is 474. The van der Waals surface area contributed by atoms with Crippen LogP contribution in [0.1, 0.15) is 39.4 Å². The molecular weight excluding hydrogens is 284 g/mol. The van der Waals surface area contributed by atoms with Gasteiger partial charge in [-0.25, -0.2) is 4.79 Å². The number of carboxylic acids is 1. The molecule has 1 N–H and O–H groups in total. The third kappa shape index (κ3) is 4.57. The molecule has 1 unspecified atom stereocenters. The van der Waals surface area contributed by atoms with Gasteiger partial charge in [-0.1, -0.05) is 32.9 Å². The van der Waals surface area contributed by atoms with E-state index in [1.807, 2.05) is 12.1 Å². The second-order valence-electron chi connectivity index (χ2n) is 6.61. The Labute approximate surface area is 128 Å². The number of ether oxygens (including phenoxy) is 1. The highest BCUT2D eigenvalue weighted by Gasteiger charge is 2.38. The first kappa shape index (κ1) is 17.7. The van der Waals surface area contributed by atoms with Crippen LogP contribution in [0, 0.1) is 0 Å². The van der Waals surface area contributed by atoms with E-state index >= 15 is 0 Å². The van der Waals surface area contributed by atoms with E-state index in [9.17, 15) is 9.90 Å². The van der Waals surface area contributed by atoms with Crippen LogP contribution in [0.5, 0.6) is 5.75 Å². The summed E-state index contributed by atoms with van der Waals surface area (Å²) < 4.78 is 11.4. The predicted octanol–water partition coefficient (Wildman–Crippen LogP) is 4.23. The molecule has 5 heteroatoms. The summed E-state index contributed by atoms with van der Waals surface area (Å²) in [5.41, 5.74) is 0.631. The van der Waals surface area contributed by atoms with Crippen molar-refractivity contribution >= 4 is 14.3 Å². The highest BCUT2D eigenvalue weighted by Crippen LogP contribution is 2.37. The molecule has 21 heavy (non-hydrogen) atoms. The highest BCUT2D eigenvalue weighted by atomic mass is 28.4. The maximum Gasteiger partial charge on any atom is 0.337 e. The van der Waals surface area contributed by atoms with Crippen LogP contribution >= 0.6 is 0 Å². The Morgan fingerprint density at radius 1 is 1.24 bits per heavy atom. The Balaban J connectivity index is 2.90. The lowest BCUT2D eigenvalue weighted by Gasteiger charge is -2.36. The third-order valence-corrected chi connectivity index (χ3v) is 8.28. The van der Waals surface area contributed by atoms with Crippen molar-refractivity contribution in [2.75, 3.05) is 6.61 Å². The van der Waals surface area contributed by atoms with E-state index in [0.29, 0.717) is 12.2 Å². The predicted molar refractivity (Wildman–Crippen MR) is 86.3 cm³/mol. The summed E-state index contributed by atoms with van der Waals surface area (Å²) in [7, 11) is -1.87. The number of carboxylic acid groups (broad SMARTS) is 1. The Kier molecular flexibility index (Phi) is 5.59. The number of hydrogen-bond donors (Lipinski definition) is 1. The van der Waals surface area contributed by atoms with E-state index in [4.69, 9.17) is 9.16 Å². The van der Waals surface area contributed by atoms with Crippen LogP contribution in [0.4, 0.5) is 0 Å². The fourth-order valence-electron chi connectivity index (χ4n) is 1.64. The average molecular weight is 310 g/mol. The quantitative estimate of drug-likeness (QED) is 0.799. The molecule has 4 nitrogen and oxygen atoms in total. The van der Waals surface area contributed by atoms with E-state index in [1.165, 1.54) is 0 Å². The van der Waals surface area contributed by atoms with Crippen molar-refractivity contribution in [3.63, 3.8) is 0 Å². The van der Waals surface area contributed by atoms with Gasteiger partial charge < -0.3 is 14.3 Å². The molecule has 0 radical (unpaired) electrons. The number of rotatable bonds is 6. The summed E-state index contributed by atoms with van der Waals surface area (Å²) in [6, 6.07) is 7.17. The zero-order chi connectivity index (χ0) is 16.3. The van der Waals surface area contributed by atoms with Crippen molar-refractivity contribution < 1.29 is 19.1 Å². The maximum absolute atomic E-state index is 11.2. The fourth-order valence-corrected chi connectivity index (χ4v) is 2.67. The summed E-state index contributed by atoms with van der Waals surface area (Å²) in [5, 5.41) is 9.30. The summed E-state index contributed by atoms with van der Waals surface area (Å²) in [4.78, 5) is 11.2. The van der Waals surface area contributed by atoms with Crippen LogP contribution in [0.3, 0.4) is 0 Å². The largest absolute Gasteiger partial charge is 0.544 e. The van der Waals surface area contributed by atoms with Gasteiger partial charge in [0.25, 0.3) is 0 Å².